The molecule has 3 N–H and O–H groups in total. The molecule has 0 radical (unpaired) electrons. The lowest BCUT2D eigenvalue weighted by atomic mass is 9.92. The molecule has 1 atom stereocenters. The summed E-state index contributed by atoms with van der Waals surface area (Å²) in [4.78, 5) is 23.2. The molecule has 0 saturated carbocycles. The first-order valence-electron chi connectivity index (χ1n) is 5.31. The van der Waals surface area contributed by atoms with Crippen molar-refractivity contribution in [2.75, 3.05) is 0 Å². The second kappa shape index (κ2) is 4.47. The number of nitrogens with one attached hydrogen (secondary N) is 1. The average Bonchev–Trinajstić information content (AvgIpc) is 2.54. The molecule has 1 fully saturated rings. The maximum absolute atomic E-state index is 12.0. The number of hydrogen-bond donors (Lipinski definition) is 2. The third kappa shape index (κ3) is 2.22. The van der Waals surface area contributed by atoms with Crippen LogP contribution < -0.4 is 15.9 Å². The van der Waals surface area contributed by atoms with Crippen molar-refractivity contribution in [2.24, 2.45) is 5.84 Å². The molecule has 1 aromatic carbocycles. The largest absolute Gasteiger partial charge is 0.435 e. The Kier molecular flexibility index (Phi) is 3.11. The molecule has 0 aliphatic carbocycles. The van der Waals surface area contributed by atoms with Gasteiger partial charge in [-0.2, -0.15) is 13.8 Å². The van der Waals surface area contributed by atoms with Crippen molar-refractivity contribution in [3.05, 3.63) is 29.8 Å². The zero-order valence-electron chi connectivity index (χ0n) is 9.89. The van der Waals surface area contributed by atoms with Crippen LogP contribution in [0.5, 0.6) is 5.75 Å². The molecular weight excluding hydrogens is 260 g/mol. The Bertz CT molecular complexity index is 520. The number of carbonyl (C=O) groups is 2. The van der Waals surface area contributed by atoms with E-state index in [0.717, 1.165) is 0 Å². The van der Waals surface area contributed by atoms with Crippen molar-refractivity contribution < 1.29 is 23.1 Å². The number of urea groups is 1. The third-order valence-electron chi connectivity index (χ3n) is 2.88. The number of benzene rings is 1. The van der Waals surface area contributed by atoms with Crippen molar-refractivity contribution >= 4 is 11.9 Å². The van der Waals surface area contributed by atoms with Crippen LogP contribution in [0.15, 0.2) is 24.3 Å². The minimum atomic E-state index is -2.92. The first-order valence-corrected chi connectivity index (χ1v) is 5.31. The van der Waals surface area contributed by atoms with Gasteiger partial charge < -0.3 is 10.1 Å². The van der Waals surface area contributed by atoms with E-state index in [1.54, 1.807) is 0 Å². The Morgan fingerprint density at radius 1 is 1.32 bits per heavy atom. The van der Waals surface area contributed by atoms with E-state index in [9.17, 15) is 18.4 Å². The van der Waals surface area contributed by atoms with E-state index in [2.05, 4.69) is 10.1 Å². The van der Waals surface area contributed by atoms with Gasteiger partial charge in [0, 0.05) is 0 Å². The maximum Gasteiger partial charge on any atom is 0.387 e. The van der Waals surface area contributed by atoms with Crippen molar-refractivity contribution in [3.63, 3.8) is 0 Å². The monoisotopic (exact) mass is 271 g/mol. The van der Waals surface area contributed by atoms with Crippen LogP contribution in [0.2, 0.25) is 0 Å². The normalized spacial score (nSPS) is 22.9. The van der Waals surface area contributed by atoms with Crippen molar-refractivity contribution in [2.45, 2.75) is 19.1 Å². The molecule has 1 heterocycles. The Balaban J connectivity index is 2.27. The summed E-state index contributed by atoms with van der Waals surface area (Å²) in [5.74, 6) is 4.62. The van der Waals surface area contributed by atoms with Crippen LogP contribution in [0, 0.1) is 0 Å². The highest BCUT2D eigenvalue weighted by atomic mass is 19.3. The highest BCUT2D eigenvalue weighted by molar-refractivity contribution is 6.06. The van der Waals surface area contributed by atoms with Gasteiger partial charge in [0.2, 0.25) is 0 Å². The topological polar surface area (TPSA) is 84.7 Å². The number of alkyl halides is 2. The van der Waals surface area contributed by atoms with Gasteiger partial charge in [-0.05, 0) is 24.6 Å². The number of rotatable bonds is 3. The van der Waals surface area contributed by atoms with Crippen LogP contribution in [0.3, 0.4) is 0 Å². The van der Waals surface area contributed by atoms with Gasteiger partial charge in [0.05, 0.1) is 0 Å². The highest BCUT2D eigenvalue weighted by Gasteiger charge is 2.48. The summed E-state index contributed by atoms with van der Waals surface area (Å²) >= 11 is 0. The number of hydrazine groups is 1. The predicted octanol–water partition coefficient (Wildman–Crippen LogP) is 0.929. The third-order valence-corrected chi connectivity index (χ3v) is 2.88. The molecule has 0 spiro atoms. The van der Waals surface area contributed by atoms with E-state index in [1.165, 1.54) is 31.2 Å². The van der Waals surface area contributed by atoms with Gasteiger partial charge in [-0.15, -0.1) is 0 Å². The standard InChI is InChI=1S/C11H11F2N3O3/c1-11(8(17)16(14)10(18)15-11)6-2-4-7(5-3-6)19-9(12)13/h2-5,9H,14H2,1H3,(H,15,18). The molecule has 19 heavy (non-hydrogen) atoms. The number of amides is 3. The van der Waals surface area contributed by atoms with Crippen molar-refractivity contribution in [1.29, 1.82) is 0 Å². The Morgan fingerprint density at radius 2 is 1.89 bits per heavy atom. The number of imide groups is 1. The van der Waals surface area contributed by atoms with Crippen LogP contribution in [0.1, 0.15) is 12.5 Å². The second-order valence-electron chi connectivity index (χ2n) is 4.13. The number of ether oxygens (including phenoxy) is 1. The van der Waals surface area contributed by atoms with Gasteiger partial charge in [-0.1, -0.05) is 12.1 Å². The van der Waals surface area contributed by atoms with E-state index in [1.807, 2.05) is 0 Å². The zero-order valence-corrected chi connectivity index (χ0v) is 9.89. The zero-order chi connectivity index (χ0) is 14.2. The molecule has 8 heteroatoms. The number of nitrogens with two attached hydrogens (primary N) is 1. The summed E-state index contributed by atoms with van der Waals surface area (Å²) < 4.78 is 28.2. The molecule has 1 aliphatic heterocycles. The summed E-state index contributed by atoms with van der Waals surface area (Å²) in [7, 11) is 0. The predicted molar refractivity (Wildman–Crippen MR) is 60.0 cm³/mol. The maximum atomic E-state index is 12.0. The average molecular weight is 271 g/mol. The van der Waals surface area contributed by atoms with Gasteiger partial charge in [-0.25, -0.2) is 10.6 Å². The van der Waals surface area contributed by atoms with Crippen LogP contribution in [-0.4, -0.2) is 23.6 Å². The number of nitrogens with zero attached hydrogens (tertiary/aromatic N) is 1. The smallest absolute Gasteiger partial charge is 0.387 e. The van der Waals surface area contributed by atoms with Gasteiger partial charge in [0.1, 0.15) is 11.3 Å². The van der Waals surface area contributed by atoms with Gasteiger partial charge in [0.25, 0.3) is 5.91 Å². The number of hydrogen-bond acceptors (Lipinski definition) is 4. The molecule has 1 saturated heterocycles. The summed E-state index contributed by atoms with van der Waals surface area (Å²) in [6, 6.07) is 4.67. The fraction of sp³-hybridized carbons (Fsp3) is 0.273. The van der Waals surface area contributed by atoms with Crippen molar-refractivity contribution in [1.82, 2.24) is 10.3 Å². The van der Waals surface area contributed by atoms with Gasteiger partial charge in [-0.3, -0.25) is 4.79 Å². The Morgan fingerprint density at radius 3 is 2.32 bits per heavy atom. The van der Waals surface area contributed by atoms with Crippen LogP contribution >= 0.6 is 0 Å². The van der Waals surface area contributed by atoms with E-state index in [0.29, 0.717) is 10.6 Å². The van der Waals surface area contributed by atoms with Crippen LogP contribution in [0.25, 0.3) is 0 Å². The van der Waals surface area contributed by atoms with Gasteiger partial charge >= 0.3 is 12.6 Å². The molecule has 1 aliphatic rings. The molecular formula is C11H11F2N3O3. The molecule has 102 valence electrons. The molecule has 0 bridgehead atoms. The lowest BCUT2D eigenvalue weighted by Gasteiger charge is -2.21. The highest BCUT2D eigenvalue weighted by Crippen LogP contribution is 2.28. The first-order chi connectivity index (χ1) is 8.84. The lowest BCUT2D eigenvalue weighted by Crippen LogP contribution is -2.42. The van der Waals surface area contributed by atoms with Crippen LogP contribution in [-0.2, 0) is 10.3 Å². The Labute approximate surface area is 107 Å². The SMILES string of the molecule is CC1(c2ccc(OC(F)F)cc2)NC(=O)N(N)C1=O. The molecule has 1 aromatic rings. The van der Waals surface area contributed by atoms with Gasteiger partial charge in [0.15, 0.2) is 0 Å². The Hall–Kier alpha value is -2.22. The molecule has 0 aromatic heterocycles. The van der Waals surface area contributed by atoms with E-state index in [-0.39, 0.29) is 5.75 Å². The fourth-order valence-electron chi connectivity index (χ4n) is 1.83. The number of carbonyl (C=O) groups excluding carboxylic acids is 2. The fourth-order valence-corrected chi connectivity index (χ4v) is 1.83. The molecule has 2 rings (SSSR count). The lowest BCUT2D eigenvalue weighted by molar-refractivity contribution is -0.131. The van der Waals surface area contributed by atoms with E-state index < -0.39 is 24.1 Å². The molecule has 6 nitrogen and oxygen atoms in total. The first kappa shape index (κ1) is 13.2. The minimum absolute atomic E-state index is 0.0382. The minimum Gasteiger partial charge on any atom is -0.435 e. The quantitative estimate of drug-likeness (QED) is 0.486. The molecule has 3 amide bonds. The number of halogens is 2. The van der Waals surface area contributed by atoms with Crippen molar-refractivity contribution in [3.8, 4) is 5.75 Å². The van der Waals surface area contributed by atoms with E-state index in [4.69, 9.17) is 5.84 Å². The van der Waals surface area contributed by atoms with Crippen LogP contribution in [0.4, 0.5) is 13.6 Å². The molecule has 1 unspecified atom stereocenters. The summed E-state index contributed by atoms with van der Waals surface area (Å²) in [6.07, 6.45) is 0. The second-order valence-corrected chi connectivity index (χ2v) is 4.13. The summed E-state index contributed by atoms with van der Waals surface area (Å²) in [6.45, 7) is -1.45. The summed E-state index contributed by atoms with van der Waals surface area (Å²) in [5.41, 5.74) is -0.893. The summed E-state index contributed by atoms with van der Waals surface area (Å²) in [5, 5.41) is 2.91. The van der Waals surface area contributed by atoms with E-state index >= 15 is 0 Å².